The summed E-state index contributed by atoms with van der Waals surface area (Å²) in [4.78, 5) is 22.5. The maximum atomic E-state index is 13.6. The first-order valence-corrected chi connectivity index (χ1v) is 12.3. The molecule has 6 aromatic rings. The van der Waals surface area contributed by atoms with E-state index in [2.05, 4.69) is 20.6 Å². The number of fused-ring (bicyclic) bond motifs is 3. The lowest BCUT2D eigenvalue weighted by atomic mass is 10.0. The van der Waals surface area contributed by atoms with E-state index in [-0.39, 0.29) is 5.91 Å². The molecule has 1 amide bonds. The van der Waals surface area contributed by atoms with Crippen LogP contribution in [0.15, 0.2) is 91.3 Å². The third kappa shape index (κ3) is 4.27. The summed E-state index contributed by atoms with van der Waals surface area (Å²) in [5.41, 5.74) is 9.71. The van der Waals surface area contributed by atoms with Gasteiger partial charge in [-0.05, 0) is 54.6 Å². The van der Waals surface area contributed by atoms with E-state index >= 15 is 0 Å². The number of anilines is 4. The Balaban J connectivity index is 1.39. The molecule has 8 nitrogen and oxygen atoms in total. The van der Waals surface area contributed by atoms with Crippen molar-refractivity contribution in [3.63, 3.8) is 0 Å². The van der Waals surface area contributed by atoms with E-state index in [1.807, 2.05) is 66.7 Å². The molecule has 0 fully saturated rings. The van der Waals surface area contributed by atoms with Crippen molar-refractivity contribution in [1.29, 1.82) is 0 Å². The summed E-state index contributed by atoms with van der Waals surface area (Å²) in [6, 6.07) is 24.5. The van der Waals surface area contributed by atoms with Crippen LogP contribution >= 0.6 is 0 Å². The van der Waals surface area contributed by atoms with E-state index in [9.17, 15) is 4.79 Å². The Labute approximate surface area is 224 Å². The van der Waals surface area contributed by atoms with Crippen molar-refractivity contribution in [3.05, 3.63) is 96.8 Å². The Morgan fingerprint density at radius 2 is 1.54 bits per heavy atom. The van der Waals surface area contributed by atoms with Crippen LogP contribution in [-0.2, 0) is 0 Å². The summed E-state index contributed by atoms with van der Waals surface area (Å²) in [5.74, 6) is 1.49. The fourth-order valence-corrected chi connectivity index (χ4v) is 4.85. The average Bonchev–Trinajstić information content (AvgIpc) is 2.97. The van der Waals surface area contributed by atoms with Crippen molar-refractivity contribution in [2.45, 2.75) is 0 Å². The van der Waals surface area contributed by atoms with Crippen molar-refractivity contribution in [2.24, 2.45) is 0 Å². The van der Waals surface area contributed by atoms with Gasteiger partial charge in [0.05, 0.1) is 25.4 Å². The molecule has 0 aliphatic carbocycles. The Hall–Kier alpha value is -5.37. The molecule has 0 aliphatic heterocycles. The zero-order valence-electron chi connectivity index (χ0n) is 21.4. The van der Waals surface area contributed by atoms with E-state index in [0.717, 1.165) is 43.8 Å². The van der Waals surface area contributed by atoms with Crippen molar-refractivity contribution in [3.8, 4) is 11.5 Å². The highest BCUT2D eigenvalue weighted by molar-refractivity contribution is 6.16. The Kier molecular flexibility index (Phi) is 6.05. The topological polar surface area (TPSA) is 111 Å². The van der Waals surface area contributed by atoms with Gasteiger partial charge in [0.2, 0.25) is 0 Å². The molecule has 0 spiro atoms. The molecule has 0 saturated heterocycles. The standard InChI is InChI=1S/C31H25N5O3/c1-38-18-9-10-20-24(17-18)22(11-12-28(20)39-2)31(37)36-30-21-5-4-8-26(19(21)13-15-34-30)35-27-14-16-33-29-23(27)6-3-7-25(29)32/h3-17H,32H2,1-2H3,(H,33,35)(H,34,36,37). The van der Waals surface area contributed by atoms with Gasteiger partial charge in [-0.3, -0.25) is 9.78 Å². The molecule has 0 bridgehead atoms. The number of para-hydroxylation sites is 1. The zero-order valence-corrected chi connectivity index (χ0v) is 21.4. The SMILES string of the molecule is COc1ccc2c(OC)ccc(C(=O)Nc3nccc4c(Nc5ccnc6c(N)cccc56)cccc34)c2c1. The van der Waals surface area contributed by atoms with Crippen molar-refractivity contribution in [1.82, 2.24) is 9.97 Å². The minimum Gasteiger partial charge on any atom is -0.497 e. The number of carbonyl (C=O) groups is 1. The lowest BCUT2D eigenvalue weighted by Crippen LogP contribution is -2.14. The third-order valence-corrected chi connectivity index (χ3v) is 6.76. The number of carbonyl (C=O) groups excluding carboxylic acids is 1. The smallest absolute Gasteiger partial charge is 0.257 e. The first-order valence-electron chi connectivity index (χ1n) is 12.3. The number of nitrogen functional groups attached to an aromatic ring is 1. The van der Waals surface area contributed by atoms with Crippen LogP contribution in [0.2, 0.25) is 0 Å². The quantitative estimate of drug-likeness (QED) is 0.216. The van der Waals surface area contributed by atoms with Gasteiger partial charge in [-0.25, -0.2) is 4.98 Å². The van der Waals surface area contributed by atoms with E-state index in [1.54, 1.807) is 38.7 Å². The average molecular weight is 516 g/mol. The fraction of sp³-hybridized carbons (Fsp3) is 0.0645. The number of nitrogens with zero attached hydrogens (tertiary/aromatic N) is 2. The highest BCUT2D eigenvalue weighted by Crippen LogP contribution is 2.35. The monoisotopic (exact) mass is 515 g/mol. The Morgan fingerprint density at radius 1 is 0.744 bits per heavy atom. The highest BCUT2D eigenvalue weighted by Gasteiger charge is 2.17. The second-order valence-electron chi connectivity index (χ2n) is 8.97. The number of ether oxygens (including phenoxy) is 2. The normalized spacial score (nSPS) is 11.0. The van der Waals surface area contributed by atoms with Gasteiger partial charge >= 0.3 is 0 Å². The number of hydrogen-bond donors (Lipinski definition) is 3. The minimum atomic E-state index is -0.287. The number of nitrogens with two attached hydrogens (primary N) is 1. The van der Waals surface area contributed by atoms with Gasteiger partial charge in [0.25, 0.3) is 5.91 Å². The predicted molar refractivity (Wildman–Crippen MR) is 156 cm³/mol. The molecule has 0 unspecified atom stereocenters. The minimum absolute atomic E-state index is 0.287. The van der Waals surface area contributed by atoms with E-state index in [0.29, 0.717) is 28.6 Å². The van der Waals surface area contributed by atoms with E-state index < -0.39 is 0 Å². The number of benzene rings is 4. The molecule has 4 aromatic carbocycles. The van der Waals surface area contributed by atoms with Crippen LogP contribution in [0, 0.1) is 0 Å². The molecule has 192 valence electrons. The molecule has 2 aromatic heterocycles. The van der Waals surface area contributed by atoms with Crippen molar-refractivity contribution < 1.29 is 14.3 Å². The lowest BCUT2D eigenvalue weighted by molar-refractivity contribution is 0.102. The molecule has 39 heavy (non-hydrogen) atoms. The number of amides is 1. The third-order valence-electron chi connectivity index (χ3n) is 6.76. The zero-order chi connectivity index (χ0) is 26.9. The summed E-state index contributed by atoms with van der Waals surface area (Å²) in [6.07, 6.45) is 3.41. The molecule has 0 radical (unpaired) electrons. The molecule has 0 saturated carbocycles. The largest absolute Gasteiger partial charge is 0.497 e. The fourth-order valence-electron chi connectivity index (χ4n) is 4.85. The van der Waals surface area contributed by atoms with Gasteiger partial charge in [-0.2, -0.15) is 0 Å². The predicted octanol–water partition coefficient (Wildman–Crippen LogP) is 6.53. The maximum Gasteiger partial charge on any atom is 0.257 e. The van der Waals surface area contributed by atoms with Gasteiger partial charge in [0.1, 0.15) is 17.3 Å². The molecule has 8 heteroatoms. The van der Waals surface area contributed by atoms with Crippen molar-refractivity contribution in [2.75, 3.05) is 30.6 Å². The van der Waals surface area contributed by atoms with Gasteiger partial charge < -0.3 is 25.8 Å². The van der Waals surface area contributed by atoms with Crippen LogP contribution in [0.25, 0.3) is 32.4 Å². The number of nitrogens with one attached hydrogen (secondary N) is 2. The first-order chi connectivity index (χ1) is 19.1. The van der Waals surface area contributed by atoms with Gasteiger partial charge in [0, 0.05) is 56.3 Å². The second-order valence-corrected chi connectivity index (χ2v) is 8.97. The molecule has 0 aliphatic rings. The van der Waals surface area contributed by atoms with Crippen LogP contribution in [0.4, 0.5) is 22.9 Å². The molecular weight excluding hydrogens is 490 g/mol. The van der Waals surface area contributed by atoms with E-state index in [4.69, 9.17) is 15.2 Å². The summed E-state index contributed by atoms with van der Waals surface area (Å²) >= 11 is 0. The molecular formula is C31H25N5O3. The van der Waals surface area contributed by atoms with Gasteiger partial charge in [-0.15, -0.1) is 0 Å². The number of hydrogen-bond acceptors (Lipinski definition) is 7. The summed E-state index contributed by atoms with van der Waals surface area (Å²) in [6.45, 7) is 0. The van der Waals surface area contributed by atoms with Crippen LogP contribution in [0.3, 0.4) is 0 Å². The van der Waals surface area contributed by atoms with Gasteiger partial charge in [0.15, 0.2) is 0 Å². The van der Waals surface area contributed by atoms with Gasteiger partial charge in [-0.1, -0.05) is 24.3 Å². The molecule has 6 rings (SSSR count). The summed E-state index contributed by atoms with van der Waals surface area (Å²) < 4.78 is 10.9. The second kappa shape index (κ2) is 9.83. The van der Waals surface area contributed by atoms with Crippen LogP contribution in [-0.4, -0.2) is 30.1 Å². The van der Waals surface area contributed by atoms with Crippen LogP contribution in [0.1, 0.15) is 10.4 Å². The van der Waals surface area contributed by atoms with Crippen LogP contribution < -0.4 is 25.8 Å². The number of methoxy groups -OCH3 is 2. The molecule has 4 N–H and O–H groups in total. The molecule has 0 atom stereocenters. The highest BCUT2D eigenvalue weighted by atomic mass is 16.5. The molecule has 2 heterocycles. The van der Waals surface area contributed by atoms with Crippen LogP contribution in [0.5, 0.6) is 11.5 Å². The lowest BCUT2D eigenvalue weighted by Gasteiger charge is -2.15. The number of aromatic nitrogens is 2. The Morgan fingerprint density at radius 3 is 2.38 bits per heavy atom. The number of pyridine rings is 2. The summed E-state index contributed by atoms with van der Waals surface area (Å²) in [5, 5.41) is 10.7. The van der Waals surface area contributed by atoms with Crippen molar-refractivity contribution >= 4 is 61.2 Å². The summed E-state index contributed by atoms with van der Waals surface area (Å²) in [7, 11) is 3.20. The Bertz CT molecular complexity index is 1890. The maximum absolute atomic E-state index is 13.6. The number of rotatable bonds is 6. The van der Waals surface area contributed by atoms with E-state index in [1.165, 1.54) is 0 Å². The first kappa shape index (κ1) is 24.0.